The molecule has 1 unspecified atom stereocenters. The van der Waals surface area contributed by atoms with E-state index < -0.39 is 0 Å². The summed E-state index contributed by atoms with van der Waals surface area (Å²) in [6, 6.07) is 9.34. The highest BCUT2D eigenvalue weighted by atomic mass is 16.5. The quantitative estimate of drug-likeness (QED) is 0.685. The van der Waals surface area contributed by atoms with Crippen LogP contribution in [-0.4, -0.2) is 78.3 Å². The Kier molecular flexibility index (Phi) is 7.89. The summed E-state index contributed by atoms with van der Waals surface area (Å²) in [5.41, 5.74) is 0. The number of amides is 3. The molecule has 180 valence electrons. The molecule has 33 heavy (non-hydrogen) atoms. The molecule has 3 aliphatic heterocycles. The van der Waals surface area contributed by atoms with Crippen molar-refractivity contribution in [3.05, 3.63) is 30.3 Å². The van der Waals surface area contributed by atoms with Crippen molar-refractivity contribution in [3.63, 3.8) is 0 Å². The maximum atomic E-state index is 13.1. The van der Waals surface area contributed by atoms with E-state index in [-0.39, 0.29) is 36.2 Å². The van der Waals surface area contributed by atoms with Crippen LogP contribution in [0.15, 0.2) is 30.3 Å². The van der Waals surface area contributed by atoms with E-state index in [0.29, 0.717) is 50.7 Å². The van der Waals surface area contributed by atoms with Gasteiger partial charge in [-0.3, -0.25) is 14.4 Å². The van der Waals surface area contributed by atoms with E-state index in [1.54, 1.807) is 4.90 Å². The second kappa shape index (κ2) is 11.0. The Hall–Kier alpha value is -2.57. The zero-order chi connectivity index (χ0) is 23.2. The van der Waals surface area contributed by atoms with Gasteiger partial charge in [0.1, 0.15) is 5.75 Å². The predicted octanol–water partition coefficient (Wildman–Crippen LogP) is 2.80. The molecule has 7 heteroatoms. The Balaban J connectivity index is 1.18. The van der Waals surface area contributed by atoms with Crippen molar-refractivity contribution < 1.29 is 19.1 Å². The van der Waals surface area contributed by atoms with E-state index >= 15 is 0 Å². The number of nitrogens with zero attached hydrogens (tertiary/aromatic N) is 3. The lowest BCUT2D eigenvalue weighted by molar-refractivity contribution is -0.145. The normalized spacial score (nSPS) is 22.8. The van der Waals surface area contributed by atoms with Gasteiger partial charge < -0.3 is 19.4 Å². The van der Waals surface area contributed by atoms with Crippen molar-refractivity contribution >= 4 is 17.7 Å². The molecule has 0 aliphatic carbocycles. The lowest BCUT2D eigenvalue weighted by Crippen LogP contribution is -2.49. The SMILES string of the molecule is CC1CCCN(C(=O)C2CCN(C(=O)C3CCN(C(=O)COc4ccccc4)CC3)CC2)C1. The monoisotopic (exact) mass is 455 g/mol. The summed E-state index contributed by atoms with van der Waals surface area (Å²) in [7, 11) is 0. The third kappa shape index (κ3) is 6.06. The predicted molar refractivity (Wildman–Crippen MR) is 126 cm³/mol. The van der Waals surface area contributed by atoms with Crippen LogP contribution in [-0.2, 0) is 14.4 Å². The number of hydrogen-bond acceptors (Lipinski definition) is 4. The molecule has 0 N–H and O–H groups in total. The van der Waals surface area contributed by atoms with Crippen molar-refractivity contribution in [2.75, 3.05) is 45.9 Å². The first-order chi connectivity index (χ1) is 16.0. The van der Waals surface area contributed by atoms with Gasteiger partial charge in [0.05, 0.1) is 0 Å². The number of ether oxygens (including phenoxy) is 1. The summed E-state index contributed by atoms with van der Waals surface area (Å²) in [6.07, 6.45) is 5.24. The number of carbonyl (C=O) groups excluding carboxylic acids is 3. The molecule has 1 aromatic rings. The third-order valence-electron chi connectivity index (χ3n) is 7.43. The molecule has 4 rings (SSSR count). The van der Waals surface area contributed by atoms with E-state index in [2.05, 4.69) is 6.92 Å². The Labute approximate surface area is 197 Å². The number of benzene rings is 1. The molecular formula is C26H37N3O4. The lowest BCUT2D eigenvalue weighted by atomic mass is 9.90. The Morgan fingerprint density at radius 2 is 1.36 bits per heavy atom. The molecule has 7 nitrogen and oxygen atoms in total. The zero-order valence-corrected chi connectivity index (χ0v) is 19.8. The minimum atomic E-state index is -0.0314. The fourth-order valence-corrected chi connectivity index (χ4v) is 5.38. The molecule has 3 fully saturated rings. The van der Waals surface area contributed by atoms with E-state index in [1.807, 2.05) is 40.1 Å². The van der Waals surface area contributed by atoms with Crippen LogP contribution in [0.1, 0.15) is 45.4 Å². The van der Waals surface area contributed by atoms with Crippen LogP contribution in [0.4, 0.5) is 0 Å². The fourth-order valence-electron chi connectivity index (χ4n) is 5.38. The van der Waals surface area contributed by atoms with Crippen LogP contribution in [0.25, 0.3) is 0 Å². The minimum absolute atomic E-state index is 0.0277. The van der Waals surface area contributed by atoms with Crippen molar-refractivity contribution in [1.29, 1.82) is 0 Å². The summed E-state index contributed by atoms with van der Waals surface area (Å²) in [6.45, 7) is 6.54. The van der Waals surface area contributed by atoms with Crippen LogP contribution in [0.2, 0.25) is 0 Å². The summed E-state index contributed by atoms with van der Waals surface area (Å²) >= 11 is 0. The lowest BCUT2D eigenvalue weighted by Gasteiger charge is -2.39. The molecule has 3 aliphatic rings. The van der Waals surface area contributed by atoms with Gasteiger partial charge in [-0.25, -0.2) is 0 Å². The van der Waals surface area contributed by atoms with Gasteiger partial charge in [0.15, 0.2) is 6.61 Å². The largest absolute Gasteiger partial charge is 0.484 e. The molecule has 0 radical (unpaired) electrons. The maximum Gasteiger partial charge on any atom is 0.260 e. The van der Waals surface area contributed by atoms with Gasteiger partial charge in [-0.2, -0.15) is 0 Å². The number of rotatable bonds is 5. The molecule has 3 amide bonds. The van der Waals surface area contributed by atoms with Gasteiger partial charge in [-0.1, -0.05) is 25.1 Å². The topological polar surface area (TPSA) is 70.2 Å². The van der Waals surface area contributed by atoms with Crippen LogP contribution in [0.5, 0.6) is 5.75 Å². The van der Waals surface area contributed by atoms with Gasteiger partial charge in [0, 0.05) is 51.1 Å². The first-order valence-corrected chi connectivity index (χ1v) is 12.5. The first kappa shape index (κ1) is 23.6. The smallest absolute Gasteiger partial charge is 0.260 e. The molecule has 0 bridgehead atoms. The summed E-state index contributed by atoms with van der Waals surface area (Å²) < 4.78 is 5.57. The highest BCUT2D eigenvalue weighted by Gasteiger charge is 2.35. The summed E-state index contributed by atoms with van der Waals surface area (Å²) in [5.74, 6) is 1.76. The molecule has 3 saturated heterocycles. The molecule has 0 spiro atoms. The summed E-state index contributed by atoms with van der Waals surface area (Å²) in [4.78, 5) is 44.2. The van der Waals surface area contributed by atoms with Gasteiger partial charge >= 0.3 is 0 Å². The van der Waals surface area contributed by atoms with Gasteiger partial charge in [-0.15, -0.1) is 0 Å². The number of para-hydroxylation sites is 1. The minimum Gasteiger partial charge on any atom is -0.484 e. The zero-order valence-electron chi connectivity index (χ0n) is 19.8. The molecular weight excluding hydrogens is 418 g/mol. The van der Waals surface area contributed by atoms with E-state index in [9.17, 15) is 14.4 Å². The average Bonchev–Trinajstić information content (AvgIpc) is 2.87. The van der Waals surface area contributed by atoms with Crippen molar-refractivity contribution in [1.82, 2.24) is 14.7 Å². The standard InChI is InChI=1S/C26H37N3O4/c1-20-6-5-13-29(18-20)26(32)22-11-16-28(17-12-22)25(31)21-9-14-27(15-10-21)24(30)19-33-23-7-3-2-4-8-23/h2-4,7-8,20-22H,5-6,9-19H2,1H3. The van der Waals surface area contributed by atoms with Crippen molar-refractivity contribution in [2.45, 2.75) is 45.4 Å². The average molecular weight is 456 g/mol. The van der Waals surface area contributed by atoms with Crippen LogP contribution < -0.4 is 4.74 Å². The second-order valence-electron chi connectivity index (χ2n) is 9.89. The Bertz CT molecular complexity index is 814. The van der Waals surface area contributed by atoms with E-state index in [1.165, 1.54) is 6.42 Å². The number of hydrogen-bond donors (Lipinski definition) is 0. The highest BCUT2D eigenvalue weighted by Crippen LogP contribution is 2.26. The molecule has 0 aromatic heterocycles. The number of piperidine rings is 3. The van der Waals surface area contributed by atoms with Gasteiger partial charge in [0.2, 0.25) is 11.8 Å². The second-order valence-corrected chi connectivity index (χ2v) is 9.89. The number of likely N-dealkylation sites (tertiary alicyclic amines) is 3. The molecule has 1 aromatic carbocycles. The van der Waals surface area contributed by atoms with Gasteiger partial charge in [0.25, 0.3) is 5.91 Å². The maximum absolute atomic E-state index is 13.1. The number of carbonyl (C=O) groups is 3. The summed E-state index contributed by atoms with van der Waals surface area (Å²) in [5, 5.41) is 0. The fraction of sp³-hybridized carbons (Fsp3) is 0.654. The van der Waals surface area contributed by atoms with E-state index in [4.69, 9.17) is 4.74 Å². The Morgan fingerprint density at radius 1 is 0.788 bits per heavy atom. The van der Waals surface area contributed by atoms with Gasteiger partial charge in [-0.05, 0) is 56.6 Å². The van der Waals surface area contributed by atoms with E-state index in [0.717, 1.165) is 32.4 Å². The molecule has 1 atom stereocenters. The molecule has 0 saturated carbocycles. The molecule has 3 heterocycles. The van der Waals surface area contributed by atoms with Crippen LogP contribution >= 0.6 is 0 Å². The highest BCUT2D eigenvalue weighted by molar-refractivity contribution is 5.82. The third-order valence-corrected chi connectivity index (χ3v) is 7.43. The van der Waals surface area contributed by atoms with Crippen molar-refractivity contribution in [3.8, 4) is 5.75 Å². The van der Waals surface area contributed by atoms with Crippen molar-refractivity contribution in [2.24, 2.45) is 17.8 Å². The van der Waals surface area contributed by atoms with Crippen LogP contribution in [0.3, 0.4) is 0 Å². The first-order valence-electron chi connectivity index (χ1n) is 12.5. The Morgan fingerprint density at radius 3 is 1.97 bits per heavy atom. The van der Waals surface area contributed by atoms with Crippen LogP contribution in [0, 0.1) is 17.8 Å².